The van der Waals surface area contributed by atoms with Crippen LogP contribution in [-0.2, 0) is 6.42 Å². The van der Waals surface area contributed by atoms with E-state index in [1.807, 2.05) is 12.1 Å². The molecular formula is C17H28N2O. The first-order chi connectivity index (χ1) is 9.65. The van der Waals surface area contributed by atoms with E-state index < -0.39 is 0 Å². The Hall–Kier alpha value is -1.06. The summed E-state index contributed by atoms with van der Waals surface area (Å²) in [6.45, 7) is 6.62. The molecule has 2 rings (SSSR count). The van der Waals surface area contributed by atoms with Crippen molar-refractivity contribution in [3.63, 3.8) is 0 Å². The van der Waals surface area contributed by atoms with E-state index >= 15 is 0 Å². The highest BCUT2D eigenvalue weighted by Gasteiger charge is 2.30. The SMILES string of the molecule is COc1ccc(CC(C)N2CCCC(C)C2CN)cc1. The van der Waals surface area contributed by atoms with E-state index in [4.69, 9.17) is 10.5 Å². The van der Waals surface area contributed by atoms with Crippen molar-refractivity contribution in [1.29, 1.82) is 0 Å². The van der Waals surface area contributed by atoms with Crippen molar-refractivity contribution in [2.24, 2.45) is 11.7 Å². The van der Waals surface area contributed by atoms with Gasteiger partial charge in [-0.1, -0.05) is 19.1 Å². The molecule has 1 aliphatic rings. The predicted molar refractivity (Wildman–Crippen MR) is 84.1 cm³/mol. The highest BCUT2D eigenvalue weighted by Crippen LogP contribution is 2.26. The van der Waals surface area contributed by atoms with Gasteiger partial charge in [-0.15, -0.1) is 0 Å². The number of benzene rings is 1. The lowest BCUT2D eigenvalue weighted by Crippen LogP contribution is -2.52. The third kappa shape index (κ3) is 3.53. The van der Waals surface area contributed by atoms with Gasteiger partial charge in [0.2, 0.25) is 0 Å². The fraction of sp³-hybridized carbons (Fsp3) is 0.647. The molecule has 0 saturated carbocycles. The van der Waals surface area contributed by atoms with Gasteiger partial charge < -0.3 is 10.5 Å². The molecule has 3 nitrogen and oxygen atoms in total. The van der Waals surface area contributed by atoms with Crippen LogP contribution in [-0.4, -0.2) is 37.2 Å². The smallest absolute Gasteiger partial charge is 0.118 e. The first kappa shape index (κ1) is 15.3. The molecule has 1 aliphatic heterocycles. The van der Waals surface area contributed by atoms with E-state index in [1.54, 1.807) is 7.11 Å². The van der Waals surface area contributed by atoms with Crippen LogP contribution in [0.15, 0.2) is 24.3 Å². The maximum atomic E-state index is 5.99. The number of nitrogens with two attached hydrogens (primary N) is 1. The molecule has 3 unspecified atom stereocenters. The topological polar surface area (TPSA) is 38.5 Å². The van der Waals surface area contributed by atoms with Gasteiger partial charge in [0.15, 0.2) is 0 Å². The summed E-state index contributed by atoms with van der Waals surface area (Å²) in [5, 5.41) is 0. The largest absolute Gasteiger partial charge is 0.497 e. The van der Waals surface area contributed by atoms with Crippen molar-refractivity contribution in [2.45, 2.75) is 45.2 Å². The normalized spacial score (nSPS) is 25.4. The summed E-state index contributed by atoms with van der Waals surface area (Å²) in [6, 6.07) is 9.50. The Morgan fingerprint density at radius 2 is 2.05 bits per heavy atom. The molecule has 1 heterocycles. The summed E-state index contributed by atoms with van der Waals surface area (Å²) in [5.41, 5.74) is 7.36. The zero-order chi connectivity index (χ0) is 14.5. The van der Waals surface area contributed by atoms with Crippen LogP contribution in [0.25, 0.3) is 0 Å². The molecule has 0 radical (unpaired) electrons. The van der Waals surface area contributed by atoms with Crippen molar-refractivity contribution < 1.29 is 4.74 Å². The lowest BCUT2D eigenvalue weighted by Gasteiger charge is -2.43. The standard InChI is InChI=1S/C17H28N2O/c1-13-5-4-10-19(17(13)12-18)14(2)11-15-6-8-16(20-3)9-7-15/h6-9,13-14,17H,4-5,10-12,18H2,1-3H3. The third-order valence-electron chi connectivity index (χ3n) is 4.66. The molecular weight excluding hydrogens is 248 g/mol. The molecule has 0 amide bonds. The Balaban J connectivity index is 2.00. The summed E-state index contributed by atoms with van der Waals surface area (Å²) in [5.74, 6) is 1.64. The first-order valence-electron chi connectivity index (χ1n) is 7.74. The summed E-state index contributed by atoms with van der Waals surface area (Å²) < 4.78 is 5.21. The van der Waals surface area contributed by atoms with E-state index in [2.05, 4.69) is 30.9 Å². The van der Waals surface area contributed by atoms with Crippen LogP contribution in [0.2, 0.25) is 0 Å². The van der Waals surface area contributed by atoms with Crippen LogP contribution in [0.1, 0.15) is 32.3 Å². The number of nitrogens with zero attached hydrogens (tertiary/aromatic N) is 1. The Bertz CT molecular complexity index is 404. The molecule has 2 N–H and O–H groups in total. The zero-order valence-corrected chi connectivity index (χ0v) is 13.0. The monoisotopic (exact) mass is 276 g/mol. The third-order valence-corrected chi connectivity index (χ3v) is 4.66. The van der Waals surface area contributed by atoms with Gasteiger partial charge in [0, 0.05) is 18.6 Å². The maximum Gasteiger partial charge on any atom is 0.118 e. The molecule has 1 fully saturated rings. The van der Waals surface area contributed by atoms with Gasteiger partial charge in [-0.05, 0) is 56.3 Å². The Labute approximate surface area is 123 Å². The van der Waals surface area contributed by atoms with Gasteiger partial charge in [0.25, 0.3) is 0 Å². The molecule has 1 aromatic rings. The van der Waals surface area contributed by atoms with Crippen LogP contribution in [0.4, 0.5) is 0 Å². The van der Waals surface area contributed by atoms with Gasteiger partial charge in [0.1, 0.15) is 5.75 Å². The van der Waals surface area contributed by atoms with Crippen molar-refractivity contribution in [1.82, 2.24) is 4.90 Å². The van der Waals surface area contributed by atoms with Crippen LogP contribution in [0, 0.1) is 5.92 Å². The molecule has 112 valence electrons. The number of piperidine rings is 1. The second kappa shape index (κ2) is 7.09. The minimum absolute atomic E-state index is 0.539. The van der Waals surface area contributed by atoms with Crippen LogP contribution in [0.3, 0.4) is 0 Å². The number of rotatable bonds is 5. The van der Waals surface area contributed by atoms with E-state index in [9.17, 15) is 0 Å². The summed E-state index contributed by atoms with van der Waals surface area (Å²) in [7, 11) is 1.71. The van der Waals surface area contributed by atoms with Crippen molar-refractivity contribution in [3.8, 4) is 5.75 Å². The number of likely N-dealkylation sites (tertiary alicyclic amines) is 1. The van der Waals surface area contributed by atoms with Crippen LogP contribution < -0.4 is 10.5 Å². The highest BCUT2D eigenvalue weighted by molar-refractivity contribution is 5.27. The lowest BCUT2D eigenvalue weighted by molar-refractivity contribution is 0.0693. The quantitative estimate of drug-likeness (QED) is 0.898. The van der Waals surface area contributed by atoms with Crippen molar-refractivity contribution >= 4 is 0 Å². The summed E-state index contributed by atoms with van der Waals surface area (Å²) in [4.78, 5) is 2.61. The number of ether oxygens (including phenoxy) is 1. The second-order valence-corrected chi connectivity index (χ2v) is 6.06. The Kier molecular flexibility index (Phi) is 5.44. The fourth-order valence-electron chi connectivity index (χ4n) is 3.42. The molecule has 0 aliphatic carbocycles. The number of hydrogen-bond acceptors (Lipinski definition) is 3. The molecule has 3 atom stereocenters. The molecule has 20 heavy (non-hydrogen) atoms. The molecule has 0 bridgehead atoms. The Morgan fingerprint density at radius 3 is 2.65 bits per heavy atom. The van der Waals surface area contributed by atoms with Crippen LogP contribution in [0.5, 0.6) is 5.75 Å². The fourth-order valence-corrected chi connectivity index (χ4v) is 3.42. The summed E-state index contributed by atoms with van der Waals surface area (Å²) >= 11 is 0. The minimum Gasteiger partial charge on any atom is -0.497 e. The van der Waals surface area contributed by atoms with E-state index in [1.165, 1.54) is 24.9 Å². The number of hydrogen-bond donors (Lipinski definition) is 1. The van der Waals surface area contributed by atoms with E-state index in [0.717, 1.165) is 18.7 Å². The molecule has 1 aromatic carbocycles. The van der Waals surface area contributed by atoms with Gasteiger partial charge in [-0.3, -0.25) is 4.90 Å². The minimum atomic E-state index is 0.539. The van der Waals surface area contributed by atoms with E-state index in [-0.39, 0.29) is 0 Å². The van der Waals surface area contributed by atoms with Gasteiger partial charge in [0.05, 0.1) is 7.11 Å². The van der Waals surface area contributed by atoms with Crippen LogP contribution >= 0.6 is 0 Å². The Morgan fingerprint density at radius 1 is 1.35 bits per heavy atom. The molecule has 3 heteroatoms. The number of methoxy groups -OCH3 is 1. The van der Waals surface area contributed by atoms with E-state index in [0.29, 0.717) is 18.0 Å². The first-order valence-corrected chi connectivity index (χ1v) is 7.74. The second-order valence-electron chi connectivity index (χ2n) is 6.06. The molecule has 0 aromatic heterocycles. The van der Waals surface area contributed by atoms with Gasteiger partial charge in [-0.25, -0.2) is 0 Å². The summed E-state index contributed by atoms with van der Waals surface area (Å²) in [6.07, 6.45) is 3.69. The van der Waals surface area contributed by atoms with Gasteiger partial charge >= 0.3 is 0 Å². The highest BCUT2D eigenvalue weighted by atomic mass is 16.5. The van der Waals surface area contributed by atoms with Gasteiger partial charge in [-0.2, -0.15) is 0 Å². The lowest BCUT2D eigenvalue weighted by atomic mass is 9.89. The average molecular weight is 276 g/mol. The predicted octanol–water partition coefficient (Wildman–Crippen LogP) is 2.69. The average Bonchev–Trinajstić information content (AvgIpc) is 2.47. The molecule has 0 spiro atoms. The molecule has 1 saturated heterocycles. The zero-order valence-electron chi connectivity index (χ0n) is 13.0. The van der Waals surface area contributed by atoms with Crippen molar-refractivity contribution in [3.05, 3.63) is 29.8 Å². The van der Waals surface area contributed by atoms with Crippen molar-refractivity contribution in [2.75, 3.05) is 20.2 Å². The maximum absolute atomic E-state index is 5.99.